The first-order valence-corrected chi connectivity index (χ1v) is 6.43. The first kappa shape index (κ1) is 13.2. The molecule has 0 aromatic heterocycles. The van der Waals surface area contributed by atoms with Gasteiger partial charge in [0.25, 0.3) is 0 Å². The second-order valence-electron chi connectivity index (χ2n) is 5.05. The van der Waals surface area contributed by atoms with Crippen LogP contribution in [0, 0.1) is 11.8 Å². The minimum atomic E-state index is 0.482. The van der Waals surface area contributed by atoms with Gasteiger partial charge in [0, 0.05) is 6.04 Å². The van der Waals surface area contributed by atoms with Crippen LogP contribution in [0.5, 0.6) is 0 Å². The molecule has 0 fully saturated rings. The van der Waals surface area contributed by atoms with E-state index in [1.165, 1.54) is 12.0 Å². The number of hydrogen-bond acceptors (Lipinski definition) is 1. The molecule has 2 unspecified atom stereocenters. The lowest BCUT2D eigenvalue weighted by Gasteiger charge is -2.24. The molecule has 0 bridgehead atoms. The van der Waals surface area contributed by atoms with Crippen molar-refractivity contribution < 1.29 is 0 Å². The van der Waals surface area contributed by atoms with Crippen molar-refractivity contribution in [2.24, 2.45) is 11.8 Å². The highest BCUT2D eigenvalue weighted by Gasteiger charge is 2.15. The summed E-state index contributed by atoms with van der Waals surface area (Å²) in [6.45, 7) is 10.2. The van der Waals surface area contributed by atoms with Crippen molar-refractivity contribution in [3.63, 3.8) is 0 Å². The van der Waals surface area contributed by atoms with Crippen molar-refractivity contribution in [3.8, 4) is 0 Å². The molecule has 1 nitrogen and oxygen atoms in total. The van der Waals surface area contributed by atoms with Gasteiger partial charge in [-0.05, 0) is 23.9 Å². The van der Waals surface area contributed by atoms with Gasteiger partial charge in [-0.15, -0.1) is 0 Å². The Hall–Kier alpha value is -0.820. The Kier molecular flexibility index (Phi) is 5.54. The molecule has 1 N–H and O–H groups in total. The van der Waals surface area contributed by atoms with Crippen molar-refractivity contribution >= 4 is 0 Å². The number of hydrogen-bond donors (Lipinski definition) is 1. The highest BCUT2D eigenvalue weighted by molar-refractivity contribution is 5.19. The van der Waals surface area contributed by atoms with E-state index in [1.807, 2.05) is 0 Å². The standard InChI is InChI=1S/C15H25N/c1-5-13(4)11-16-15(12(2)3)14-9-7-6-8-10-14/h6-10,12-13,15-16H,5,11H2,1-4H3. The highest BCUT2D eigenvalue weighted by atomic mass is 14.9. The summed E-state index contributed by atoms with van der Waals surface area (Å²) in [7, 11) is 0. The quantitative estimate of drug-likeness (QED) is 0.762. The maximum atomic E-state index is 3.69. The smallest absolute Gasteiger partial charge is 0.0343 e. The van der Waals surface area contributed by atoms with Crippen LogP contribution in [-0.2, 0) is 0 Å². The molecule has 90 valence electrons. The summed E-state index contributed by atoms with van der Waals surface area (Å²) in [5.41, 5.74) is 1.40. The van der Waals surface area contributed by atoms with E-state index in [2.05, 4.69) is 63.3 Å². The molecule has 0 amide bonds. The Morgan fingerprint density at radius 2 is 1.69 bits per heavy atom. The fourth-order valence-electron chi connectivity index (χ4n) is 1.87. The first-order chi connectivity index (χ1) is 7.65. The van der Waals surface area contributed by atoms with E-state index < -0.39 is 0 Å². The van der Waals surface area contributed by atoms with Gasteiger partial charge in [-0.2, -0.15) is 0 Å². The minimum absolute atomic E-state index is 0.482. The average molecular weight is 219 g/mol. The molecule has 16 heavy (non-hydrogen) atoms. The van der Waals surface area contributed by atoms with Crippen molar-refractivity contribution in [1.82, 2.24) is 5.32 Å². The molecule has 1 heteroatoms. The van der Waals surface area contributed by atoms with Crippen molar-refractivity contribution in [2.45, 2.75) is 40.2 Å². The van der Waals surface area contributed by atoms with Crippen LogP contribution >= 0.6 is 0 Å². The maximum absolute atomic E-state index is 3.69. The second-order valence-corrected chi connectivity index (χ2v) is 5.05. The van der Waals surface area contributed by atoms with E-state index in [-0.39, 0.29) is 0 Å². The van der Waals surface area contributed by atoms with E-state index in [0.29, 0.717) is 12.0 Å². The average Bonchev–Trinajstić information content (AvgIpc) is 2.30. The van der Waals surface area contributed by atoms with Crippen LogP contribution in [-0.4, -0.2) is 6.54 Å². The Morgan fingerprint density at radius 1 is 1.06 bits per heavy atom. The van der Waals surface area contributed by atoms with Crippen LogP contribution in [0.1, 0.15) is 45.7 Å². The maximum Gasteiger partial charge on any atom is 0.0343 e. The molecule has 1 aromatic rings. The molecule has 0 aliphatic carbocycles. The van der Waals surface area contributed by atoms with Gasteiger partial charge in [0.2, 0.25) is 0 Å². The van der Waals surface area contributed by atoms with E-state index >= 15 is 0 Å². The van der Waals surface area contributed by atoms with Crippen molar-refractivity contribution in [3.05, 3.63) is 35.9 Å². The first-order valence-electron chi connectivity index (χ1n) is 6.43. The monoisotopic (exact) mass is 219 g/mol. The summed E-state index contributed by atoms with van der Waals surface area (Å²) in [5.74, 6) is 1.39. The molecule has 0 saturated carbocycles. The fraction of sp³-hybridized carbons (Fsp3) is 0.600. The number of rotatable bonds is 6. The molecule has 1 rings (SSSR count). The van der Waals surface area contributed by atoms with Gasteiger partial charge >= 0.3 is 0 Å². The van der Waals surface area contributed by atoms with Crippen LogP contribution < -0.4 is 5.32 Å². The third kappa shape index (κ3) is 3.97. The molecular formula is C15H25N. The van der Waals surface area contributed by atoms with Gasteiger partial charge in [-0.3, -0.25) is 0 Å². The van der Waals surface area contributed by atoms with Gasteiger partial charge in [-0.1, -0.05) is 64.4 Å². The predicted molar refractivity (Wildman–Crippen MR) is 71.5 cm³/mol. The Morgan fingerprint density at radius 3 is 2.19 bits per heavy atom. The van der Waals surface area contributed by atoms with Gasteiger partial charge in [0.15, 0.2) is 0 Å². The van der Waals surface area contributed by atoms with E-state index in [0.717, 1.165) is 12.5 Å². The second kappa shape index (κ2) is 6.70. The fourth-order valence-corrected chi connectivity index (χ4v) is 1.87. The van der Waals surface area contributed by atoms with Crippen LogP contribution in [0.4, 0.5) is 0 Å². The van der Waals surface area contributed by atoms with E-state index in [4.69, 9.17) is 0 Å². The summed E-state index contributed by atoms with van der Waals surface area (Å²) in [5, 5.41) is 3.69. The molecule has 2 atom stereocenters. The van der Waals surface area contributed by atoms with Crippen LogP contribution in [0.2, 0.25) is 0 Å². The molecule has 0 saturated heterocycles. The Labute approximate surface area is 100 Å². The normalized spacial score (nSPS) is 15.1. The highest BCUT2D eigenvalue weighted by Crippen LogP contribution is 2.21. The van der Waals surface area contributed by atoms with Gasteiger partial charge in [0.05, 0.1) is 0 Å². The predicted octanol–water partition coefficient (Wildman–Crippen LogP) is 4.02. The van der Waals surface area contributed by atoms with Crippen LogP contribution in [0.3, 0.4) is 0 Å². The van der Waals surface area contributed by atoms with E-state index in [1.54, 1.807) is 0 Å². The largest absolute Gasteiger partial charge is 0.309 e. The van der Waals surface area contributed by atoms with Gasteiger partial charge in [-0.25, -0.2) is 0 Å². The topological polar surface area (TPSA) is 12.0 Å². The molecular weight excluding hydrogens is 194 g/mol. The number of benzene rings is 1. The SMILES string of the molecule is CCC(C)CNC(c1ccccc1)C(C)C. The van der Waals surface area contributed by atoms with Crippen molar-refractivity contribution in [2.75, 3.05) is 6.54 Å². The zero-order valence-corrected chi connectivity index (χ0v) is 11.0. The molecule has 0 radical (unpaired) electrons. The molecule has 0 aliphatic rings. The van der Waals surface area contributed by atoms with Crippen molar-refractivity contribution in [1.29, 1.82) is 0 Å². The lowest BCUT2D eigenvalue weighted by molar-refractivity contribution is 0.375. The summed E-state index contributed by atoms with van der Waals surface area (Å²) < 4.78 is 0. The molecule has 0 spiro atoms. The van der Waals surface area contributed by atoms with Crippen LogP contribution in [0.25, 0.3) is 0 Å². The minimum Gasteiger partial charge on any atom is -0.309 e. The summed E-state index contributed by atoms with van der Waals surface area (Å²) >= 11 is 0. The zero-order chi connectivity index (χ0) is 12.0. The van der Waals surface area contributed by atoms with Gasteiger partial charge in [0.1, 0.15) is 0 Å². The summed E-state index contributed by atoms with van der Waals surface area (Å²) in [6, 6.07) is 11.2. The third-order valence-electron chi connectivity index (χ3n) is 3.21. The van der Waals surface area contributed by atoms with Crippen LogP contribution in [0.15, 0.2) is 30.3 Å². The Bertz CT molecular complexity index is 279. The number of nitrogens with one attached hydrogen (secondary N) is 1. The zero-order valence-electron chi connectivity index (χ0n) is 11.0. The Balaban J connectivity index is 2.62. The van der Waals surface area contributed by atoms with E-state index in [9.17, 15) is 0 Å². The molecule has 1 aromatic carbocycles. The van der Waals surface area contributed by atoms with Gasteiger partial charge < -0.3 is 5.32 Å². The lowest BCUT2D eigenvalue weighted by Crippen LogP contribution is -2.29. The summed E-state index contributed by atoms with van der Waals surface area (Å²) in [6.07, 6.45) is 1.24. The third-order valence-corrected chi connectivity index (χ3v) is 3.21. The molecule has 0 aliphatic heterocycles. The lowest BCUT2D eigenvalue weighted by atomic mass is 9.95. The molecule has 0 heterocycles. The summed E-state index contributed by atoms with van der Waals surface area (Å²) in [4.78, 5) is 0.